The Morgan fingerprint density at radius 2 is 1.70 bits per heavy atom. The minimum atomic E-state index is -0.376. The fourth-order valence-electron chi connectivity index (χ4n) is 3.10. The van der Waals surface area contributed by atoms with E-state index in [-0.39, 0.29) is 36.8 Å². The Balaban J connectivity index is 0. The molecule has 6 heteroatoms. The summed E-state index contributed by atoms with van der Waals surface area (Å²) in [5.74, 6) is 1.83. The predicted octanol–water partition coefficient (Wildman–Crippen LogP) is 3.08. The average Bonchev–Trinajstić information content (AvgIpc) is 2.39. The Morgan fingerprint density at radius 1 is 1.17 bits per heavy atom. The van der Waals surface area contributed by atoms with E-state index in [0.717, 1.165) is 32.0 Å². The second-order valence-electron chi connectivity index (χ2n) is 7.51. The zero-order valence-corrected chi connectivity index (χ0v) is 17.0. The third-order valence-corrected chi connectivity index (χ3v) is 4.60. The summed E-state index contributed by atoms with van der Waals surface area (Å²) in [7, 11) is 0. The molecule has 0 aromatic carbocycles. The van der Waals surface area contributed by atoms with E-state index < -0.39 is 0 Å². The van der Waals surface area contributed by atoms with Crippen LogP contribution in [0.1, 0.15) is 53.9 Å². The maximum atomic E-state index is 12.1. The molecule has 3 N–H and O–H groups in total. The molecule has 0 saturated carbocycles. The van der Waals surface area contributed by atoms with Crippen LogP contribution in [0.3, 0.4) is 0 Å². The van der Waals surface area contributed by atoms with Crippen LogP contribution < -0.4 is 11.1 Å². The lowest BCUT2D eigenvalue weighted by molar-refractivity contribution is -0.123. The van der Waals surface area contributed by atoms with Crippen molar-refractivity contribution in [3.05, 3.63) is 0 Å². The number of carbonyl (C=O) groups excluding carboxylic acids is 1. The van der Waals surface area contributed by atoms with Gasteiger partial charge in [-0.1, -0.05) is 34.6 Å². The van der Waals surface area contributed by atoms with E-state index in [1.165, 1.54) is 12.8 Å². The molecule has 1 heterocycles. The summed E-state index contributed by atoms with van der Waals surface area (Å²) in [5, 5.41) is 3.07. The molecule has 1 unspecified atom stereocenters. The van der Waals surface area contributed by atoms with Gasteiger partial charge in [0.2, 0.25) is 5.91 Å². The molecular formula is C17H37Cl2N3O. The van der Waals surface area contributed by atoms with Crippen molar-refractivity contribution in [2.75, 3.05) is 19.6 Å². The van der Waals surface area contributed by atoms with Gasteiger partial charge in [0.05, 0.1) is 6.04 Å². The van der Waals surface area contributed by atoms with E-state index in [0.29, 0.717) is 17.9 Å². The molecule has 0 aromatic rings. The first-order valence-corrected chi connectivity index (χ1v) is 8.58. The minimum absolute atomic E-state index is 0. The van der Waals surface area contributed by atoms with Crippen LogP contribution in [0.2, 0.25) is 0 Å². The molecule has 0 radical (unpaired) electrons. The number of amides is 1. The number of halogens is 2. The second-order valence-corrected chi connectivity index (χ2v) is 7.51. The lowest BCUT2D eigenvalue weighted by Gasteiger charge is -2.39. The number of piperidine rings is 1. The number of nitrogens with zero attached hydrogens (tertiary/aromatic N) is 1. The third kappa shape index (κ3) is 9.13. The number of carbonyl (C=O) groups is 1. The van der Waals surface area contributed by atoms with Gasteiger partial charge in [0.25, 0.3) is 0 Å². The van der Waals surface area contributed by atoms with Gasteiger partial charge in [-0.3, -0.25) is 9.69 Å². The van der Waals surface area contributed by atoms with Crippen LogP contribution in [-0.2, 0) is 4.79 Å². The highest BCUT2D eigenvalue weighted by Crippen LogP contribution is 2.21. The van der Waals surface area contributed by atoms with Crippen LogP contribution >= 0.6 is 24.8 Å². The van der Waals surface area contributed by atoms with E-state index in [1.807, 2.05) is 0 Å². The molecule has 4 nitrogen and oxygen atoms in total. The Kier molecular flexibility index (Phi) is 13.5. The number of nitrogens with two attached hydrogens (primary N) is 1. The van der Waals surface area contributed by atoms with Gasteiger partial charge >= 0.3 is 0 Å². The number of likely N-dealkylation sites (tertiary alicyclic amines) is 1. The monoisotopic (exact) mass is 369 g/mol. The lowest BCUT2D eigenvalue weighted by Crippen LogP contribution is -2.52. The number of hydrogen-bond donors (Lipinski definition) is 2. The van der Waals surface area contributed by atoms with Crippen LogP contribution in [0.4, 0.5) is 0 Å². The first-order valence-electron chi connectivity index (χ1n) is 8.58. The molecular weight excluding hydrogens is 333 g/mol. The Bertz CT molecular complexity index is 319. The lowest BCUT2D eigenvalue weighted by atomic mass is 9.94. The van der Waals surface area contributed by atoms with Gasteiger partial charge < -0.3 is 11.1 Å². The zero-order chi connectivity index (χ0) is 16.0. The van der Waals surface area contributed by atoms with Gasteiger partial charge in [0.1, 0.15) is 0 Å². The molecule has 1 aliphatic rings. The SMILES string of the molecule is CC(C)C[C@H](N)C(=O)NCC(C(C)C)N1CCC(C)CC1.Cl.Cl. The molecule has 2 atom stereocenters. The van der Waals surface area contributed by atoms with Crippen molar-refractivity contribution in [1.82, 2.24) is 10.2 Å². The van der Waals surface area contributed by atoms with Crippen LogP contribution in [0, 0.1) is 17.8 Å². The highest BCUT2D eigenvalue weighted by molar-refractivity contribution is 5.85. The number of hydrogen-bond acceptors (Lipinski definition) is 3. The van der Waals surface area contributed by atoms with Crippen molar-refractivity contribution >= 4 is 30.7 Å². The van der Waals surface area contributed by atoms with E-state index in [9.17, 15) is 4.79 Å². The average molecular weight is 370 g/mol. The summed E-state index contributed by atoms with van der Waals surface area (Å²) in [5.41, 5.74) is 5.95. The van der Waals surface area contributed by atoms with Crippen molar-refractivity contribution in [1.29, 1.82) is 0 Å². The van der Waals surface area contributed by atoms with Crippen LogP contribution in [0.25, 0.3) is 0 Å². The van der Waals surface area contributed by atoms with Crippen LogP contribution in [-0.4, -0.2) is 42.5 Å². The van der Waals surface area contributed by atoms with Gasteiger partial charge in [0, 0.05) is 12.6 Å². The van der Waals surface area contributed by atoms with Gasteiger partial charge in [-0.25, -0.2) is 0 Å². The number of nitrogens with one attached hydrogen (secondary N) is 1. The molecule has 0 aliphatic carbocycles. The van der Waals surface area contributed by atoms with Crippen molar-refractivity contribution in [3.8, 4) is 0 Å². The molecule has 1 saturated heterocycles. The molecule has 1 amide bonds. The topological polar surface area (TPSA) is 58.4 Å². The largest absolute Gasteiger partial charge is 0.353 e. The predicted molar refractivity (Wildman–Crippen MR) is 104 cm³/mol. The zero-order valence-electron chi connectivity index (χ0n) is 15.4. The summed E-state index contributed by atoms with van der Waals surface area (Å²) >= 11 is 0. The maximum Gasteiger partial charge on any atom is 0.236 e. The number of rotatable bonds is 7. The fraction of sp³-hybridized carbons (Fsp3) is 0.941. The van der Waals surface area contributed by atoms with Crippen molar-refractivity contribution in [2.45, 2.75) is 66.0 Å². The quantitative estimate of drug-likeness (QED) is 0.724. The van der Waals surface area contributed by atoms with Crippen molar-refractivity contribution < 1.29 is 4.79 Å². The van der Waals surface area contributed by atoms with Crippen molar-refractivity contribution in [2.24, 2.45) is 23.5 Å². The van der Waals surface area contributed by atoms with E-state index in [1.54, 1.807) is 0 Å². The fourth-order valence-corrected chi connectivity index (χ4v) is 3.10. The standard InChI is InChI=1S/C17H35N3O.2ClH/c1-12(2)10-15(18)17(21)19-11-16(13(3)4)20-8-6-14(5)7-9-20;;/h12-16H,6-11,18H2,1-5H3,(H,19,21);2*1H/t15-,16?;;/m0../s1. The normalized spacial score (nSPS) is 19.0. The smallest absolute Gasteiger partial charge is 0.236 e. The molecule has 1 aliphatic heterocycles. The molecule has 0 spiro atoms. The summed E-state index contributed by atoms with van der Waals surface area (Å²) in [6.07, 6.45) is 3.29. The Hall–Kier alpha value is -0.0300. The molecule has 23 heavy (non-hydrogen) atoms. The van der Waals surface area contributed by atoms with Crippen LogP contribution in [0.5, 0.6) is 0 Å². The molecule has 0 aromatic heterocycles. The van der Waals surface area contributed by atoms with E-state index in [2.05, 4.69) is 44.8 Å². The highest BCUT2D eigenvalue weighted by Gasteiger charge is 2.26. The Morgan fingerprint density at radius 3 is 2.13 bits per heavy atom. The highest BCUT2D eigenvalue weighted by atomic mass is 35.5. The van der Waals surface area contributed by atoms with Gasteiger partial charge in [-0.15, -0.1) is 24.8 Å². The van der Waals surface area contributed by atoms with E-state index >= 15 is 0 Å². The summed E-state index contributed by atoms with van der Waals surface area (Å²) in [6.45, 7) is 14.0. The maximum absolute atomic E-state index is 12.1. The van der Waals surface area contributed by atoms with Crippen molar-refractivity contribution in [3.63, 3.8) is 0 Å². The molecule has 140 valence electrons. The minimum Gasteiger partial charge on any atom is -0.353 e. The second kappa shape index (κ2) is 12.3. The summed E-state index contributed by atoms with van der Waals surface area (Å²) in [4.78, 5) is 14.6. The molecule has 0 bridgehead atoms. The summed E-state index contributed by atoms with van der Waals surface area (Å²) in [6, 6.07) is 0.0480. The summed E-state index contributed by atoms with van der Waals surface area (Å²) < 4.78 is 0. The first kappa shape index (κ1) is 25.2. The molecule has 1 fully saturated rings. The van der Waals surface area contributed by atoms with Crippen LogP contribution in [0.15, 0.2) is 0 Å². The van der Waals surface area contributed by atoms with Gasteiger partial charge in [-0.05, 0) is 50.1 Å². The Labute approximate surface area is 155 Å². The molecule has 1 rings (SSSR count). The van der Waals surface area contributed by atoms with E-state index in [4.69, 9.17) is 5.73 Å². The van der Waals surface area contributed by atoms with Gasteiger partial charge in [0.15, 0.2) is 0 Å². The van der Waals surface area contributed by atoms with Gasteiger partial charge in [-0.2, -0.15) is 0 Å². The third-order valence-electron chi connectivity index (χ3n) is 4.60. The first-order chi connectivity index (χ1) is 9.81.